The number of carbonyl (C=O) groups is 1. The van der Waals surface area contributed by atoms with Gasteiger partial charge < -0.3 is 15.1 Å². The second-order valence-electron chi connectivity index (χ2n) is 11.4. The molecular weight excluding hydrogens is 478 g/mol. The highest BCUT2D eigenvalue weighted by Crippen LogP contribution is 2.35. The molecule has 6 rings (SSSR count). The van der Waals surface area contributed by atoms with Crippen molar-refractivity contribution in [3.63, 3.8) is 0 Å². The van der Waals surface area contributed by atoms with Crippen molar-refractivity contribution in [1.29, 1.82) is 0 Å². The van der Waals surface area contributed by atoms with Crippen molar-refractivity contribution in [3.05, 3.63) is 51.2 Å². The number of carbonyl (C=O) groups excluding carboxylic acids is 1. The van der Waals surface area contributed by atoms with Gasteiger partial charge in [0, 0.05) is 73.6 Å². The van der Waals surface area contributed by atoms with Gasteiger partial charge in [0.2, 0.25) is 0 Å². The molecule has 2 aromatic rings. The molecule has 1 atom stereocenters. The lowest BCUT2D eigenvalue weighted by Gasteiger charge is -2.43. The van der Waals surface area contributed by atoms with Crippen molar-refractivity contribution in [3.8, 4) is 0 Å². The number of thiophene rings is 1. The van der Waals surface area contributed by atoms with Crippen molar-refractivity contribution in [2.45, 2.75) is 64.3 Å². The van der Waals surface area contributed by atoms with E-state index in [1.165, 1.54) is 71.7 Å². The van der Waals surface area contributed by atoms with Crippen molar-refractivity contribution in [2.24, 2.45) is 10.9 Å². The summed E-state index contributed by atoms with van der Waals surface area (Å²) in [6.07, 6.45) is 10.6. The number of urea groups is 1. The van der Waals surface area contributed by atoms with Gasteiger partial charge in [-0.2, -0.15) is 0 Å². The van der Waals surface area contributed by atoms with Crippen LogP contribution >= 0.6 is 11.3 Å². The lowest BCUT2D eigenvalue weighted by Crippen LogP contribution is -2.56. The normalized spacial score (nSPS) is 22.9. The van der Waals surface area contributed by atoms with Crippen LogP contribution in [0.15, 0.2) is 35.3 Å². The molecule has 3 fully saturated rings. The number of benzene rings is 1. The van der Waals surface area contributed by atoms with Crippen molar-refractivity contribution < 1.29 is 4.79 Å². The van der Waals surface area contributed by atoms with Gasteiger partial charge in [-0.1, -0.05) is 50.3 Å². The Kier molecular flexibility index (Phi) is 7.52. The van der Waals surface area contributed by atoms with Crippen molar-refractivity contribution >= 4 is 28.9 Å². The van der Waals surface area contributed by atoms with E-state index in [0.717, 1.165) is 63.8 Å². The predicted molar refractivity (Wildman–Crippen MR) is 152 cm³/mol. The Balaban J connectivity index is 1.22. The molecule has 7 heteroatoms. The summed E-state index contributed by atoms with van der Waals surface area (Å²) in [7, 11) is 0. The lowest BCUT2D eigenvalue weighted by atomic mass is 9.85. The van der Waals surface area contributed by atoms with Gasteiger partial charge in [0.15, 0.2) is 0 Å². The van der Waals surface area contributed by atoms with Crippen LogP contribution in [-0.4, -0.2) is 78.4 Å². The first kappa shape index (κ1) is 24.9. The summed E-state index contributed by atoms with van der Waals surface area (Å²) in [6, 6.07) is 11.6. The number of nitrogens with one attached hydrogen (secondary N) is 1. The summed E-state index contributed by atoms with van der Waals surface area (Å²) >= 11 is 1.93. The molecule has 198 valence electrons. The first-order chi connectivity index (χ1) is 18.1. The fourth-order valence-corrected chi connectivity index (χ4v) is 7.83. The minimum Gasteiger partial charge on any atom is -0.353 e. The number of hydrogen-bond acceptors (Lipinski definition) is 5. The molecule has 2 amide bonds. The average molecular weight is 520 g/mol. The molecule has 1 aromatic heterocycles. The Labute approximate surface area is 225 Å². The van der Waals surface area contributed by atoms with Crippen molar-refractivity contribution in [1.82, 2.24) is 20.0 Å². The maximum atomic E-state index is 12.1. The van der Waals surface area contributed by atoms with E-state index in [2.05, 4.69) is 52.4 Å². The topological polar surface area (TPSA) is 51.2 Å². The molecular formula is C30H41N5OS. The van der Waals surface area contributed by atoms with Gasteiger partial charge in [0.25, 0.3) is 0 Å². The molecule has 0 unspecified atom stereocenters. The number of amidine groups is 1. The smallest absolute Gasteiger partial charge is 0.317 e. The summed E-state index contributed by atoms with van der Waals surface area (Å²) in [5.74, 6) is 2.06. The maximum absolute atomic E-state index is 12.1. The van der Waals surface area contributed by atoms with Crippen LogP contribution < -0.4 is 5.32 Å². The molecule has 4 aliphatic rings. The highest BCUT2D eigenvalue weighted by Gasteiger charge is 2.32. The number of amides is 2. The number of nitrogens with zero attached hydrogens (tertiary/aromatic N) is 4. The predicted octanol–water partition coefficient (Wildman–Crippen LogP) is 5.41. The summed E-state index contributed by atoms with van der Waals surface area (Å²) in [6.45, 7) is 8.67. The quantitative estimate of drug-likeness (QED) is 0.555. The molecule has 1 N–H and O–H groups in total. The lowest BCUT2D eigenvalue weighted by molar-refractivity contribution is 0.0919. The summed E-state index contributed by atoms with van der Waals surface area (Å²) in [5.41, 5.74) is 3.80. The summed E-state index contributed by atoms with van der Waals surface area (Å²) in [5, 5.41) is 2.96. The van der Waals surface area contributed by atoms with Crippen LogP contribution in [0, 0.1) is 12.8 Å². The zero-order chi connectivity index (χ0) is 25.2. The van der Waals surface area contributed by atoms with E-state index in [-0.39, 0.29) is 6.03 Å². The fourth-order valence-electron chi connectivity index (χ4n) is 6.77. The van der Waals surface area contributed by atoms with Crippen LogP contribution in [0.3, 0.4) is 0 Å². The third-order valence-corrected chi connectivity index (χ3v) is 9.93. The number of para-hydroxylation sites is 1. The van der Waals surface area contributed by atoms with Gasteiger partial charge in [-0.05, 0) is 43.4 Å². The number of aryl methyl sites for hydroxylation is 1. The Morgan fingerprint density at radius 2 is 1.92 bits per heavy atom. The Bertz CT molecular complexity index is 1140. The van der Waals surface area contributed by atoms with E-state index in [1.54, 1.807) is 0 Å². The first-order valence-electron chi connectivity index (χ1n) is 14.4. The molecule has 4 heterocycles. The van der Waals surface area contributed by atoms with Gasteiger partial charge in [-0.15, -0.1) is 11.3 Å². The molecule has 1 aliphatic carbocycles. The standard InChI is InChI=1S/C30H41N5OS/c1-22-19-26-28(37-22)20-24-9-5-6-10-27(24)32-29(26)35-18-16-33(15-17-34-14-13-31-30(34)36)25(21-35)12-11-23-7-3-2-4-8-23/h5-6,9-10,19,23,25H,2-4,7-8,11-18,20-21H2,1H3,(H,31,36)/t25-/m0/s1. The number of fused-ring (bicyclic) bond motifs is 2. The summed E-state index contributed by atoms with van der Waals surface area (Å²) < 4.78 is 0. The highest BCUT2D eigenvalue weighted by atomic mass is 32.1. The largest absolute Gasteiger partial charge is 0.353 e. The van der Waals surface area contributed by atoms with E-state index in [9.17, 15) is 4.79 Å². The van der Waals surface area contributed by atoms with Gasteiger partial charge in [0.05, 0.1) is 5.69 Å². The molecule has 3 aliphatic heterocycles. The zero-order valence-electron chi connectivity index (χ0n) is 22.3. The van der Waals surface area contributed by atoms with E-state index < -0.39 is 0 Å². The number of piperazine rings is 1. The highest BCUT2D eigenvalue weighted by molar-refractivity contribution is 7.12. The van der Waals surface area contributed by atoms with Crippen molar-refractivity contribution in [2.75, 3.05) is 45.8 Å². The van der Waals surface area contributed by atoms with Gasteiger partial charge in [-0.3, -0.25) is 4.90 Å². The fraction of sp³-hybridized carbons (Fsp3) is 0.600. The molecule has 1 saturated carbocycles. The van der Waals surface area contributed by atoms with Crippen LogP contribution in [-0.2, 0) is 6.42 Å². The van der Waals surface area contributed by atoms with E-state index in [0.29, 0.717) is 6.04 Å². The Morgan fingerprint density at radius 1 is 1.05 bits per heavy atom. The second kappa shape index (κ2) is 11.2. The monoisotopic (exact) mass is 519 g/mol. The van der Waals surface area contributed by atoms with Crippen LogP contribution in [0.5, 0.6) is 0 Å². The zero-order valence-corrected chi connectivity index (χ0v) is 23.1. The molecule has 6 nitrogen and oxygen atoms in total. The maximum Gasteiger partial charge on any atom is 0.317 e. The SMILES string of the molecule is Cc1cc2c(s1)Cc1ccccc1N=C2N1CCN(CCN2CCNC2=O)[C@@H](CCC2CCCCC2)C1. The molecule has 0 spiro atoms. The second-order valence-corrected chi connectivity index (χ2v) is 12.7. The van der Waals surface area contributed by atoms with Gasteiger partial charge in [0.1, 0.15) is 5.84 Å². The third-order valence-electron chi connectivity index (χ3n) is 8.88. The molecule has 0 bridgehead atoms. The third kappa shape index (κ3) is 5.58. The van der Waals surface area contributed by atoms with Crippen LogP contribution in [0.4, 0.5) is 10.5 Å². The van der Waals surface area contributed by atoms with E-state index >= 15 is 0 Å². The average Bonchev–Trinajstić information content (AvgIpc) is 3.46. The Hall–Kier alpha value is -2.38. The van der Waals surface area contributed by atoms with Gasteiger partial charge >= 0.3 is 6.03 Å². The van der Waals surface area contributed by atoms with Gasteiger partial charge in [-0.25, -0.2) is 9.79 Å². The molecule has 37 heavy (non-hydrogen) atoms. The number of hydrogen-bond donors (Lipinski definition) is 1. The summed E-state index contributed by atoms with van der Waals surface area (Å²) in [4.78, 5) is 27.5. The Morgan fingerprint density at radius 3 is 2.76 bits per heavy atom. The molecule has 1 aromatic carbocycles. The van der Waals surface area contributed by atoms with E-state index in [4.69, 9.17) is 4.99 Å². The van der Waals surface area contributed by atoms with Crippen LogP contribution in [0.1, 0.15) is 65.8 Å². The first-order valence-corrected chi connectivity index (χ1v) is 15.2. The number of rotatable bonds is 6. The molecule has 2 saturated heterocycles. The minimum absolute atomic E-state index is 0.101. The minimum atomic E-state index is 0.101. The van der Waals surface area contributed by atoms with Crippen LogP contribution in [0.2, 0.25) is 0 Å². The van der Waals surface area contributed by atoms with Crippen LogP contribution in [0.25, 0.3) is 0 Å². The molecule has 0 radical (unpaired) electrons. The van der Waals surface area contributed by atoms with E-state index in [1.807, 2.05) is 16.2 Å². The number of aliphatic imine (C=N–C) groups is 1.